The third kappa shape index (κ3) is 4.53. The van der Waals surface area contributed by atoms with Crippen molar-refractivity contribution in [2.24, 2.45) is 0 Å². The summed E-state index contributed by atoms with van der Waals surface area (Å²) >= 11 is 0. The lowest BCUT2D eigenvalue weighted by molar-refractivity contribution is -0.384. The van der Waals surface area contributed by atoms with Gasteiger partial charge in [-0.25, -0.2) is 0 Å². The highest BCUT2D eigenvalue weighted by atomic mass is 16.6. The number of furan rings is 1. The predicted molar refractivity (Wildman–Crippen MR) is 81.2 cm³/mol. The number of nitrogens with zero attached hydrogens (tertiary/aromatic N) is 1. The zero-order chi connectivity index (χ0) is 16.8. The van der Waals surface area contributed by atoms with Gasteiger partial charge in [0, 0.05) is 23.8 Å². The second-order valence-corrected chi connectivity index (χ2v) is 4.53. The topological polar surface area (TPSA) is 114 Å². The van der Waals surface area contributed by atoms with Crippen LogP contribution in [0.25, 0.3) is 6.08 Å². The molecular formula is C15H13N3O5. The summed E-state index contributed by atoms with van der Waals surface area (Å²) < 4.78 is 5.25. The quantitative estimate of drug-likeness (QED) is 0.508. The third-order valence-corrected chi connectivity index (χ3v) is 2.80. The summed E-state index contributed by atoms with van der Waals surface area (Å²) in [6.07, 6.45) is 2.66. The van der Waals surface area contributed by atoms with Crippen molar-refractivity contribution in [3.8, 4) is 0 Å². The molecule has 2 rings (SSSR count). The molecule has 0 aliphatic rings. The Morgan fingerprint density at radius 2 is 1.83 bits per heavy atom. The Balaban J connectivity index is 1.87. The third-order valence-electron chi connectivity index (χ3n) is 2.80. The first kappa shape index (κ1) is 16.0. The van der Waals surface area contributed by atoms with Gasteiger partial charge < -0.3 is 4.42 Å². The Labute approximate surface area is 130 Å². The molecule has 0 radical (unpaired) electrons. The van der Waals surface area contributed by atoms with E-state index in [0.717, 1.165) is 5.76 Å². The molecule has 0 bridgehead atoms. The Morgan fingerprint density at radius 1 is 1.13 bits per heavy atom. The van der Waals surface area contributed by atoms with Crippen molar-refractivity contribution >= 4 is 23.6 Å². The van der Waals surface area contributed by atoms with Crippen molar-refractivity contribution in [3.63, 3.8) is 0 Å². The molecule has 8 heteroatoms. The summed E-state index contributed by atoms with van der Waals surface area (Å²) in [6, 6.07) is 8.45. The Bertz CT molecular complexity index is 762. The molecule has 118 valence electrons. The summed E-state index contributed by atoms with van der Waals surface area (Å²) in [6.45, 7) is 1.78. The van der Waals surface area contributed by atoms with E-state index in [4.69, 9.17) is 4.42 Å². The van der Waals surface area contributed by atoms with Gasteiger partial charge in [0.25, 0.3) is 17.5 Å². The van der Waals surface area contributed by atoms with E-state index in [-0.39, 0.29) is 11.3 Å². The molecule has 2 amide bonds. The van der Waals surface area contributed by atoms with E-state index in [2.05, 4.69) is 10.9 Å². The summed E-state index contributed by atoms with van der Waals surface area (Å²) in [7, 11) is 0. The van der Waals surface area contributed by atoms with Gasteiger partial charge in [0.1, 0.15) is 11.5 Å². The minimum atomic E-state index is -0.588. The SMILES string of the molecule is Cc1ccc(/C=C/C(=O)NNC(=O)c2ccc([N+](=O)[O-])cc2)o1. The van der Waals surface area contributed by atoms with Crippen molar-refractivity contribution in [3.05, 3.63) is 69.7 Å². The first-order valence-corrected chi connectivity index (χ1v) is 6.55. The van der Waals surface area contributed by atoms with Crippen LogP contribution in [0.5, 0.6) is 0 Å². The highest BCUT2D eigenvalue weighted by Gasteiger charge is 2.09. The average molecular weight is 315 g/mol. The van der Waals surface area contributed by atoms with Crippen LogP contribution in [0.15, 0.2) is 46.9 Å². The van der Waals surface area contributed by atoms with Crippen LogP contribution in [0, 0.1) is 17.0 Å². The number of hydrogen-bond acceptors (Lipinski definition) is 5. The fraction of sp³-hybridized carbons (Fsp3) is 0.0667. The van der Waals surface area contributed by atoms with Crippen LogP contribution in [0.1, 0.15) is 21.9 Å². The molecule has 2 N–H and O–H groups in total. The van der Waals surface area contributed by atoms with E-state index in [0.29, 0.717) is 5.76 Å². The molecule has 0 fully saturated rings. The predicted octanol–water partition coefficient (Wildman–Crippen LogP) is 1.97. The molecular weight excluding hydrogens is 302 g/mol. The summed E-state index contributed by atoms with van der Waals surface area (Å²) in [5, 5.41) is 10.5. The van der Waals surface area contributed by atoms with Crippen LogP contribution >= 0.6 is 0 Å². The number of carbonyl (C=O) groups is 2. The number of amides is 2. The summed E-state index contributed by atoms with van der Waals surface area (Å²) in [5.74, 6) is 0.0979. The maximum atomic E-state index is 11.8. The largest absolute Gasteiger partial charge is 0.462 e. The zero-order valence-corrected chi connectivity index (χ0v) is 12.1. The molecule has 0 aliphatic heterocycles. The van der Waals surface area contributed by atoms with Gasteiger partial charge in [-0.2, -0.15) is 0 Å². The van der Waals surface area contributed by atoms with Crippen molar-refractivity contribution in [2.45, 2.75) is 6.92 Å². The fourth-order valence-corrected chi connectivity index (χ4v) is 1.67. The summed E-state index contributed by atoms with van der Waals surface area (Å²) in [4.78, 5) is 33.3. The van der Waals surface area contributed by atoms with Gasteiger partial charge in [-0.05, 0) is 37.3 Å². The highest BCUT2D eigenvalue weighted by Crippen LogP contribution is 2.11. The molecule has 0 spiro atoms. The lowest BCUT2D eigenvalue weighted by Crippen LogP contribution is -2.40. The van der Waals surface area contributed by atoms with Gasteiger partial charge >= 0.3 is 0 Å². The van der Waals surface area contributed by atoms with Gasteiger partial charge in [-0.15, -0.1) is 0 Å². The van der Waals surface area contributed by atoms with Gasteiger partial charge in [-0.1, -0.05) is 0 Å². The monoisotopic (exact) mass is 315 g/mol. The molecule has 0 saturated heterocycles. The number of nitro benzene ring substituents is 1. The number of aryl methyl sites for hydroxylation is 1. The first-order chi connectivity index (χ1) is 11.0. The smallest absolute Gasteiger partial charge is 0.269 e. The molecule has 2 aromatic rings. The second-order valence-electron chi connectivity index (χ2n) is 4.53. The number of nitro groups is 1. The molecule has 23 heavy (non-hydrogen) atoms. The fourth-order valence-electron chi connectivity index (χ4n) is 1.67. The standard InChI is InChI=1S/C15H13N3O5/c1-10-2-7-13(23-10)8-9-14(19)16-17-15(20)11-3-5-12(6-4-11)18(21)22/h2-9H,1H3,(H,16,19)(H,17,20)/b9-8+. The molecule has 1 aromatic heterocycles. The van der Waals surface area contributed by atoms with Crippen molar-refractivity contribution in [1.82, 2.24) is 10.9 Å². The van der Waals surface area contributed by atoms with E-state index in [1.54, 1.807) is 19.1 Å². The lowest BCUT2D eigenvalue weighted by atomic mass is 10.2. The molecule has 8 nitrogen and oxygen atoms in total. The maximum absolute atomic E-state index is 11.8. The number of hydrazine groups is 1. The number of carbonyl (C=O) groups excluding carboxylic acids is 2. The number of nitrogens with one attached hydrogen (secondary N) is 2. The average Bonchev–Trinajstić information content (AvgIpc) is 2.96. The maximum Gasteiger partial charge on any atom is 0.269 e. The molecule has 1 heterocycles. The van der Waals surface area contributed by atoms with Crippen LogP contribution in [0.2, 0.25) is 0 Å². The van der Waals surface area contributed by atoms with Crippen molar-refractivity contribution in [1.29, 1.82) is 0 Å². The van der Waals surface area contributed by atoms with Gasteiger partial charge in [0.2, 0.25) is 0 Å². The molecule has 0 unspecified atom stereocenters. The highest BCUT2D eigenvalue weighted by molar-refractivity contribution is 5.97. The van der Waals surface area contributed by atoms with E-state index < -0.39 is 16.7 Å². The number of hydrogen-bond donors (Lipinski definition) is 2. The van der Waals surface area contributed by atoms with E-state index in [1.807, 2.05) is 0 Å². The van der Waals surface area contributed by atoms with E-state index >= 15 is 0 Å². The lowest BCUT2D eigenvalue weighted by Gasteiger charge is -2.04. The van der Waals surface area contributed by atoms with Crippen LogP contribution in [-0.4, -0.2) is 16.7 Å². The van der Waals surface area contributed by atoms with Crippen molar-refractivity contribution < 1.29 is 18.9 Å². The number of rotatable bonds is 4. The second kappa shape index (κ2) is 7.03. The Hall–Kier alpha value is -3.42. The molecule has 0 atom stereocenters. The number of non-ortho nitro benzene ring substituents is 1. The van der Waals surface area contributed by atoms with Crippen LogP contribution in [0.4, 0.5) is 5.69 Å². The van der Waals surface area contributed by atoms with Gasteiger partial charge in [0.05, 0.1) is 4.92 Å². The summed E-state index contributed by atoms with van der Waals surface area (Å²) in [5.41, 5.74) is 4.45. The van der Waals surface area contributed by atoms with E-state index in [9.17, 15) is 19.7 Å². The molecule has 0 aliphatic carbocycles. The van der Waals surface area contributed by atoms with Crippen LogP contribution < -0.4 is 10.9 Å². The van der Waals surface area contributed by atoms with Crippen LogP contribution in [-0.2, 0) is 4.79 Å². The van der Waals surface area contributed by atoms with Crippen LogP contribution in [0.3, 0.4) is 0 Å². The Morgan fingerprint density at radius 3 is 2.39 bits per heavy atom. The minimum Gasteiger partial charge on any atom is -0.462 e. The number of benzene rings is 1. The minimum absolute atomic E-state index is 0.123. The van der Waals surface area contributed by atoms with E-state index in [1.165, 1.54) is 36.4 Å². The zero-order valence-electron chi connectivity index (χ0n) is 12.1. The normalized spacial score (nSPS) is 10.5. The molecule has 0 saturated carbocycles. The van der Waals surface area contributed by atoms with Crippen molar-refractivity contribution in [2.75, 3.05) is 0 Å². The molecule has 1 aromatic carbocycles. The Kier molecular flexibility index (Phi) is 4.88. The first-order valence-electron chi connectivity index (χ1n) is 6.55. The van der Waals surface area contributed by atoms with Gasteiger partial charge in [-0.3, -0.25) is 30.6 Å². The van der Waals surface area contributed by atoms with Gasteiger partial charge in [0.15, 0.2) is 0 Å².